The lowest BCUT2D eigenvalue weighted by Gasteiger charge is -2.11. The molecule has 0 radical (unpaired) electrons. The zero-order valence-electron chi connectivity index (χ0n) is 13.6. The fourth-order valence-electron chi connectivity index (χ4n) is 2.25. The van der Waals surface area contributed by atoms with E-state index in [4.69, 9.17) is 9.47 Å². The summed E-state index contributed by atoms with van der Waals surface area (Å²) in [5.74, 6) is 1.00. The minimum atomic E-state index is 0.791. The highest BCUT2D eigenvalue weighted by Gasteiger charge is 2.03. The first kappa shape index (κ1) is 17.7. The highest BCUT2D eigenvalue weighted by molar-refractivity contribution is 5.38. The van der Waals surface area contributed by atoms with Crippen molar-refractivity contribution in [2.75, 3.05) is 33.4 Å². The summed E-state index contributed by atoms with van der Waals surface area (Å²) in [6, 6.07) is 6.36. The molecule has 3 nitrogen and oxygen atoms in total. The smallest absolute Gasteiger partial charge is 0.122 e. The van der Waals surface area contributed by atoms with Crippen molar-refractivity contribution in [2.45, 2.75) is 32.6 Å². The Labute approximate surface area is 129 Å². The second-order valence-electron chi connectivity index (χ2n) is 5.37. The predicted molar refractivity (Wildman–Crippen MR) is 88.0 cm³/mol. The Kier molecular flexibility index (Phi) is 9.58. The van der Waals surface area contributed by atoms with Gasteiger partial charge in [0.2, 0.25) is 0 Å². The van der Waals surface area contributed by atoms with Crippen LogP contribution in [0.15, 0.2) is 30.9 Å². The number of methoxy groups -OCH3 is 1. The third-order valence-corrected chi connectivity index (χ3v) is 3.40. The van der Waals surface area contributed by atoms with Crippen molar-refractivity contribution in [3.05, 3.63) is 42.0 Å². The zero-order chi connectivity index (χ0) is 15.3. The second-order valence-corrected chi connectivity index (χ2v) is 5.37. The molecule has 0 heterocycles. The molecule has 0 aliphatic heterocycles. The zero-order valence-corrected chi connectivity index (χ0v) is 13.6. The molecule has 0 atom stereocenters. The molecule has 0 saturated carbocycles. The van der Waals surface area contributed by atoms with Gasteiger partial charge in [-0.05, 0) is 37.8 Å². The maximum Gasteiger partial charge on any atom is 0.122 e. The average molecular weight is 292 g/mol. The summed E-state index contributed by atoms with van der Waals surface area (Å²) in [4.78, 5) is 0. The van der Waals surface area contributed by atoms with E-state index in [-0.39, 0.29) is 0 Å². The number of quaternary nitrogens is 1. The lowest BCUT2D eigenvalue weighted by Crippen LogP contribution is -2.84. The Morgan fingerprint density at radius 2 is 1.95 bits per heavy atom. The summed E-state index contributed by atoms with van der Waals surface area (Å²) >= 11 is 0. The third-order valence-electron chi connectivity index (χ3n) is 3.40. The van der Waals surface area contributed by atoms with Gasteiger partial charge in [0.05, 0.1) is 26.3 Å². The van der Waals surface area contributed by atoms with Crippen LogP contribution >= 0.6 is 0 Å². The van der Waals surface area contributed by atoms with E-state index in [9.17, 15) is 0 Å². The van der Waals surface area contributed by atoms with E-state index in [2.05, 4.69) is 37.0 Å². The van der Waals surface area contributed by atoms with Gasteiger partial charge in [0.25, 0.3) is 0 Å². The van der Waals surface area contributed by atoms with Crippen LogP contribution in [0.5, 0.6) is 5.75 Å². The topological polar surface area (TPSA) is 35.1 Å². The van der Waals surface area contributed by atoms with Crippen LogP contribution in [-0.4, -0.2) is 33.4 Å². The van der Waals surface area contributed by atoms with Gasteiger partial charge in [-0.3, -0.25) is 0 Å². The van der Waals surface area contributed by atoms with Crippen LogP contribution in [0.25, 0.3) is 0 Å². The van der Waals surface area contributed by atoms with Gasteiger partial charge in [-0.15, -0.1) is 6.58 Å². The second kappa shape index (κ2) is 11.4. The maximum absolute atomic E-state index is 5.91. The molecule has 0 saturated heterocycles. The molecule has 0 aliphatic rings. The summed E-state index contributed by atoms with van der Waals surface area (Å²) in [5, 5.41) is 2.36. The van der Waals surface area contributed by atoms with Gasteiger partial charge in [0.15, 0.2) is 0 Å². The Morgan fingerprint density at radius 1 is 1.14 bits per heavy atom. The van der Waals surface area contributed by atoms with Crippen molar-refractivity contribution in [3.63, 3.8) is 0 Å². The number of benzene rings is 1. The van der Waals surface area contributed by atoms with Crippen molar-refractivity contribution in [1.82, 2.24) is 0 Å². The monoisotopic (exact) mass is 292 g/mol. The highest BCUT2D eigenvalue weighted by atomic mass is 16.5. The van der Waals surface area contributed by atoms with Crippen LogP contribution in [0.3, 0.4) is 0 Å². The molecule has 3 heteroatoms. The number of unbranched alkanes of at least 4 members (excludes halogenated alkanes) is 1. The lowest BCUT2D eigenvalue weighted by molar-refractivity contribution is -0.655. The number of allylic oxidation sites excluding steroid dienone is 1. The SMILES string of the molecule is C=CCc1cc(C)ccc1OCCCC[NH2+]CCCOC. The molecule has 118 valence electrons. The fourth-order valence-corrected chi connectivity index (χ4v) is 2.25. The predicted octanol–water partition coefficient (Wildman–Crippen LogP) is 2.48. The Morgan fingerprint density at radius 3 is 2.71 bits per heavy atom. The molecule has 1 rings (SSSR count). The summed E-state index contributed by atoms with van der Waals surface area (Å²) < 4.78 is 10.9. The third kappa shape index (κ3) is 7.88. The van der Waals surface area contributed by atoms with Crippen LogP contribution in [0, 0.1) is 6.92 Å². The number of aryl methyl sites for hydroxylation is 1. The van der Waals surface area contributed by atoms with E-state index in [0.29, 0.717) is 0 Å². The quantitative estimate of drug-likeness (QED) is 0.474. The molecule has 0 fully saturated rings. The molecular formula is C18H30NO2+. The molecule has 0 spiro atoms. The summed E-state index contributed by atoms with van der Waals surface area (Å²) in [6.07, 6.45) is 6.21. The van der Waals surface area contributed by atoms with Crippen LogP contribution in [-0.2, 0) is 11.2 Å². The normalized spacial score (nSPS) is 10.6. The number of ether oxygens (including phenoxy) is 2. The number of rotatable bonds is 12. The van der Waals surface area contributed by atoms with Gasteiger partial charge >= 0.3 is 0 Å². The molecular weight excluding hydrogens is 262 g/mol. The van der Waals surface area contributed by atoms with Gasteiger partial charge in [-0.2, -0.15) is 0 Å². The molecule has 0 unspecified atom stereocenters. The van der Waals surface area contributed by atoms with Crippen molar-refractivity contribution >= 4 is 0 Å². The van der Waals surface area contributed by atoms with Gasteiger partial charge in [-0.1, -0.05) is 23.8 Å². The minimum Gasteiger partial charge on any atom is -0.493 e. The summed E-state index contributed by atoms with van der Waals surface area (Å²) in [6.45, 7) is 9.88. The molecule has 1 aromatic carbocycles. The van der Waals surface area contributed by atoms with Crippen LogP contribution in [0.1, 0.15) is 30.4 Å². The van der Waals surface area contributed by atoms with E-state index < -0.39 is 0 Å². The number of nitrogens with two attached hydrogens (primary N) is 1. The van der Waals surface area contributed by atoms with E-state index in [1.807, 2.05) is 6.08 Å². The number of hydrogen-bond acceptors (Lipinski definition) is 2. The largest absolute Gasteiger partial charge is 0.493 e. The summed E-state index contributed by atoms with van der Waals surface area (Å²) in [7, 11) is 1.75. The lowest BCUT2D eigenvalue weighted by atomic mass is 10.1. The Bertz CT molecular complexity index is 404. The van der Waals surface area contributed by atoms with Crippen LogP contribution in [0.2, 0.25) is 0 Å². The minimum absolute atomic E-state index is 0.791. The molecule has 1 aromatic rings. The van der Waals surface area contributed by atoms with Gasteiger partial charge in [-0.25, -0.2) is 0 Å². The molecule has 0 aliphatic carbocycles. The molecule has 2 N–H and O–H groups in total. The highest BCUT2D eigenvalue weighted by Crippen LogP contribution is 2.21. The van der Waals surface area contributed by atoms with Gasteiger partial charge < -0.3 is 14.8 Å². The fraction of sp³-hybridized carbons (Fsp3) is 0.556. The van der Waals surface area contributed by atoms with Gasteiger partial charge in [0.1, 0.15) is 5.75 Å². The summed E-state index contributed by atoms with van der Waals surface area (Å²) in [5.41, 5.74) is 2.50. The number of hydrogen-bond donors (Lipinski definition) is 1. The molecule has 0 amide bonds. The van der Waals surface area contributed by atoms with E-state index in [1.165, 1.54) is 24.1 Å². The van der Waals surface area contributed by atoms with Gasteiger partial charge in [0, 0.05) is 13.5 Å². The maximum atomic E-state index is 5.91. The first-order valence-electron chi connectivity index (χ1n) is 7.91. The Hall–Kier alpha value is -1.32. The van der Waals surface area contributed by atoms with E-state index >= 15 is 0 Å². The molecule has 0 aromatic heterocycles. The first-order chi connectivity index (χ1) is 10.3. The first-order valence-corrected chi connectivity index (χ1v) is 7.91. The van der Waals surface area contributed by atoms with Crippen molar-refractivity contribution in [3.8, 4) is 5.75 Å². The van der Waals surface area contributed by atoms with Crippen molar-refractivity contribution in [2.24, 2.45) is 0 Å². The van der Waals surface area contributed by atoms with E-state index in [0.717, 1.165) is 44.8 Å². The molecule has 21 heavy (non-hydrogen) atoms. The van der Waals surface area contributed by atoms with E-state index in [1.54, 1.807) is 7.11 Å². The standard InChI is InChI=1S/C18H29NO2/c1-4-8-17-15-16(2)9-10-18(17)21-14-6-5-11-19-12-7-13-20-3/h4,9-10,15,19H,1,5-8,11-14H2,2-3H3/p+1. The van der Waals surface area contributed by atoms with Crippen LogP contribution in [0.4, 0.5) is 0 Å². The molecule has 0 bridgehead atoms. The average Bonchev–Trinajstić information content (AvgIpc) is 2.48. The van der Waals surface area contributed by atoms with Crippen molar-refractivity contribution < 1.29 is 14.8 Å². The van der Waals surface area contributed by atoms with Crippen LogP contribution < -0.4 is 10.1 Å². The Balaban J connectivity index is 2.16. The van der Waals surface area contributed by atoms with Crippen molar-refractivity contribution in [1.29, 1.82) is 0 Å².